The van der Waals surface area contributed by atoms with E-state index in [0.717, 1.165) is 11.1 Å². The Balaban J connectivity index is 2.39. The summed E-state index contributed by atoms with van der Waals surface area (Å²) in [6.45, 7) is 3.63. The van der Waals surface area contributed by atoms with Gasteiger partial charge in [-0.05, 0) is 19.4 Å². The minimum atomic E-state index is 0.0603. The normalized spacial score (nSPS) is 10.4. The Kier molecular flexibility index (Phi) is 2.91. The molecule has 0 saturated heterocycles. The van der Waals surface area contributed by atoms with Crippen LogP contribution in [-0.2, 0) is 6.42 Å². The summed E-state index contributed by atoms with van der Waals surface area (Å²) in [7, 11) is 0. The van der Waals surface area contributed by atoms with E-state index in [4.69, 9.17) is 4.42 Å². The third-order valence-electron chi connectivity index (χ3n) is 2.59. The summed E-state index contributed by atoms with van der Waals surface area (Å²) in [5.41, 5.74) is 1.93. The minimum Gasteiger partial charge on any atom is -0.466 e. The van der Waals surface area contributed by atoms with Crippen molar-refractivity contribution < 1.29 is 4.42 Å². The summed E-state index contributed by atoms with van der Waals surface area (Å²) in [5.74, 6) is 1.38. The molecule has 0 N–H and O–H groups in total. The van der Waals surface area contributed by atoms with Crippen molar-refractivity contribution >= 4 is 0 Å². The van der Waals surface area contributed by atoms with Crippen LogP contribution in [0.4, 0.5) is 0 Å². The zero-order chi connectivity index (χ0) is 11.5. The third kappa shape index (κ3) is 2.22. The molecule has 0 amide bonds. The first-order valence-electron chi connectivity index (χ1n) is 5.31. The molecular formula is C14H14O2. The van der Waals surface area contributed by atoms with E-state index in [0.29, 0.717) is 17.9 Å². The molecule has 1 aromatic heterocycles. The van der Waals surface area contributed by atoms with Gasteiger partial charge in [-0.3, -0.25) is 4.79 Å². The average Bonchev–Trinajstić information content (AvgIpc) is 2.25. The van der Waals surface area contributed by atoms with E-state index < -0.39 is 0 Å². The molecular weight excluding hydrogens is 200 g/mol. The molecule has 82 valence electrons. The van der Waals surface area contributed by atoms with Crippen LogP contribution in [0.1, 0.15) is 22.6 Å². The molecule has 0 atom stereocenters. The molecule has 0 fully saturated rings. The van der Waals surface area contributed by atoms with E-state index in [2.05, 4.69) is 0 Å². The Morgan fingerprint density at radius 2 is 1.81 bits per heavy atom. The zero-order valence-electron chi connectivity index (χ0n) is 9.49. The Morgan fingerprint density at radius 1 is 1.12 bits per heavy atom. The standard InChI is InChI=1S/C14H14O2/c1-10-8-14(15)13(11(2)16-10)9-12-6-4-3-5-7-12/h3-8H,9H2,1-2H3. The fourth-order valence-corrected chi connectivity index (χ4v) is 1.79. The Bertz CT molecular complexity index is 538. The van der Waals surface area contributed by atoms with Crippen LogP contribution in [0.15, 0.2) is 45.6 Å². The van der Waals surface area contributed by atoms with Gasteiger partial charge in [-0.25, -0.2) is 0 Å². The number of aryl methyl sites for hydroxylation is 2. The summed E-state index contributed by atoms with van der Waals surface area (Å²) < 4.78 is 5.46. The lowest BCUT2D eigenvalue weighted by Gasteiger charge is -2.05. The molecule has 2 aromatic rings. The lowest BCUT2D eigenvalue weighted by atomic mass is 10.0. The Hall–Kier alpha value is -1.83. The van der Waals surface area contributed by atoms with Crippen molar-refractivity contribution in [1.29, 1.82) is 0 Å². The molecule has 0 aliphatic carbocycles. The molecule has 0 aliphatic rings. The molecule has 0 spiro atoms. The largest absolute Gasteiger partial charge is 0.466 e. The van der Waals surface area contributed by atoms with Crippen molar-refractivity contribution in [3.05, 3.63) is 69.3 Å². The predicted octanol–water partition coefficient (Wildman–Crippen LogP) is 2.85. The fourth-order valence-electron chi connectivity index (χ4n) is 1.79. The summed E-state index contributed by atoms with van der Waals surface area (Å²) in [6.07, 6.45) is 0.634. The third-order valence-corrected chi connectivity index (χ3v) is 2.59. The highest BCUT2D eigenvalue weighted by Crippen LogP contribution is 2.11. The van der Waals surface area contributed by atoms with Gasteiger partial charge in [0.15, 0.2) is 5.43 Å². The van der Waals surface area contributed by atoms with Crippen LogP contribution in [0, 0.1) is 13.8 Å². The van der Waals surface area contributed by atoms with Crippen molar-refractivity contribution in [3.8, 4) is 0 Å². The van der Waals surface area contributed by atoms with Crippen LogP contribution in [0.25, 0.3) is 0 Å². The van der Waals surface area contributed by atoms with Crippen molar-refractivity contribution in [1.82, 2.24) is 0 Å². The number of hydrogen-bond donors (Lipinski definition) is 0. The SMILES string of the molecule is Cc1cc(=O)c(Cc2ccccc2)c(C)o1. The Morgan fingerprint density at radius 3 is 2.44 bits per heavy atom. The van der Waals surface area contributed by atoms with Gasteiger partial charge in [0.1, 0.15) is 11.5 Å². The molecule has 2 nitrogen and oxygen atoms in total. The lowest BCUT2D eigenvalue weighted by Crippen LogP contribution is -2.10. The van der Waals surface area contributed by atoms with Gasteiger partial charge in [0.05, 0.1) is 0 Å². The van der Waals surface area contributed by atoms with Gasteiger partial charge in [0, 0.05) is 18.1 Å². The second-order valence-electron chi connectivity index (χ2n) is 3.92. The van der Waals surface area contributed by atoms with Crippen molar-refractivity contribution in [2.24, 2.45) is 0 Å². The number of benzene rings is 1. The maximum absolute atomic E-state index is 11.8. The molecule has 16 heavy (non-hydrogen) atoms. The molecule has 1 heterocycles. The molecule has 0 aliphatic heterocycles. The average molecular weight is 214 g/mol. The van der Waals surface area contributed by atoms with Gasteiger partial charge in [0.2, 0.25) is 0 Å². The summed E-state index contributed by atoms with van der Waals surface area (Å²) >= 11 is 0. The maximum atomic E-state index is 11.8. The summed E-state index contributed by atoms with van der Waals surface area (Å²) in [4.78, 5) is 11.8. The number of rotatable bonds is 2. The fraction of sp³-hybridized carbons (Fsp3) is 0.214. The van der Waals surface area contributed by atoms with Crippen LogP contribution in [0.3, 0.4) is 0 Å². The van der Waals surface area contributed by atoms with Crippen LogP contribution < -0.4 is 5.43 Å². The Labute approximate surface area is 94.5 Å². The van der Waals surface area contributed by atoms with Gasteiger partial charge in [-0.2, -0.15) is 0 Å². The van der Waals surface area contributed by atoms with Gasteiger partial charge in [-0.15, -0.1) is 0 Å². The lowest BCUT2D eigenvalue weighted by molar-refractivity contribution is 0.477. The molecule has 0 unspecified atom stereocenters. The van der Waals surface area contributed by atoms with Crippen LogP contribution in [0.5, 0.6) is 0 Å². The zero-order valence-corrected chi connectivity index (χ0v) is 9.49. The van der Waals surface area contributed by atoms with Crippen molar-refractivity contribution in [2.75, 3.05) is 0 Å². The minimum absolute atomic E-state index is 0.0603. The smallest absolute Gasteiger partial charge is 0.188 e. The monoisotopic (exact) mass is 214 g/mol. The van der Waals surface area contributed by atoms with Crippen molar-refractivity contribution in [3.63, 3.8) is 0 Å². The first-order chi connectivity index (χ1) is 7.66. The highest BCUT2D eigenvalue weighted by Gasteiger charge is 2.07. The summed E-state index contributed by atoms with van der Waals surface area (Å²) in [5, 5.41) is 0. The van der Waals surface area contributed by atoms with E-state index in [-0.39, 0.29) is 5.43 Å². The first-order valence-corrected chi connectivity index (χ1v) is 5.31. The second-order valence-corrected chi connectivity index (χ2v) is 3.92. The van der Waals surface area contributed by atoms with Crippen LogP contribution in [0.2, 0.25) is 0 Å². The highest BCUT2D eigenvalue weighted by atomic mass is 16.3. The quantitative estimate of drug-likeness (QED) is 0.769. The first kappa shape index (κ1) is 10.7. The highest BCUT2D eigenvalue weighted by molar-refractivity contribution is 5.27. The molecule has 1 aromatic carbocycles. The molecule has 2 heteroatoms. The molecule has 2 rings (SSSR count). The molecule has 0 saturated carbocycles. The van der Waals surface area contributed by atoms with E-state index in [9.17, 15) is 4.79 Å². The topological polar surface area (TPSA) is 30.2 Å². The van der Waals surface area contributed by atoms with E-state index in [1.165, 1.54) is 0 Å². The molecule has 0 bridgehead atoms. The van der Waals surface area contributed by atoms with Crippen LogP contribution in [-0.4, -0.2) is 0 Å². The van der Waals surface area contributed by atoms with Crippen molar-refractivity contribution in [2.45, 2.75) is 20.3 Å². The van der Waals surface area contributed by atoms with Gasteiger partial charge in [-0.1, -0.05) is 30.3 Å². The molecule has 0 radical (unpaired) electrons. The van der Waals surface area contributed by atoms with Gasteiger partial charge < -0.3 is 4.42 Å². The predicted molar refractivity (Wildman–Crippen MR) is 63.7 cm³/mol. The maximum Gasteiger partial charge on any atom is 0.188 e. The van der Waals surface area contributed by atoms with E-state index >= 15 is 0 Å². The second kappa shape index (κ2) is 4.35. The van der Waals surface area contributed by atoms with Gasteiger partial charge >= 0.3 is 0 Å². The van der Waals surface area contributed by atoms with Gasteiger partial charge in [0.25, 0.3) is 0 Å². The van der Waals surface area contributed by atoms with E-state index in [1.807, 2.05) is 37.3 Å². The number of hydrogen-bond acceptors (Lipinski definition) is 2. The van der Waals surface area contributed by atoms with E-state index in [1.54, 1.807) is 13.0 Å². The van der Waals surface area contributed by atoms with Crippen LogP contribution >= 0.6 is 0 Å². The summed E-state index contributed by atoms with van der Waals surface area (Å²) in [6, 6.07) is 11.5.